The molecule has 1 amide bonds. The van der Waals surface area contributed by atoms with Gasteiger partial charge in [0.15, 0.2) is 0 Å². The lowest BCUT2D eigenvalue weighted by molar-refractivity contribution is 0.102. The van der Waals surface area contributed by atoms with E-state index in [0.29, 0.717) is 5.69 Å². The van der Waals surface area contributed by atoms with Crippen LogP contribution in [0.1, 0.15) is 28.5 Å². The molecule has 2 heterocycles. The molecular weight excluding hydrogens is 314 g/mol. The van der Waals surface area contributed by atoms with Crippen molar-refractivity contribution in [3.63, 3.8) is 0 Å². The van der Waals surface area contributed by atoms with E-state index in [1.54, 1.807) is 12.4 Å². The zero-order chi connectivity index (χ0) is 17.8. The van der Waals surface area contributed by atoms with E-state index in [0.717, 1.165) is 49.8 Å². The standard InChI is InChI=1S/C19H25N5O/c1-4-23-7-9-24(10-8-23)18-13-20-17(12-21-18)19(25)22-16-6-5-14(2)15(3)11-16/h5-6,11-13H,4,7-10H2,1-3H3,(H,22,25). The Balaban J connectivity index is 1.63. The van der Waals surface area contributed by atoms with Crippen LogP contribution < -0.4 is 10.2 Å². The van der Waals surface area contributed by atoms with Gasteiger partial charge in [0, 0.05) is 31.9 Å². The molecule has 132 valence electrons. The monoisotopic (exact) mass is 339 g/mol. The molecule has 1 N–H and O–H groups in total. The number of carbonyl (C=O) groups is 1. The predicted octanol–water partition coefficient (Wildman–Crippen LogP) is 2.49. The minimum Gasteiger partial charge on any atom is -0.353 e. The fraction of sp³-hybridized carbons (Fsp3) is 0.421. The van der Waals surface area contributed by atoms with Gasteiger partial charge < -0.3 is 15.1 Å². The number of hydrogen-bond donors (Lipinski definition) is 1. The van der Waals surface area contributed by atoms with Crippen LogP contribution in [0, 0.1) is 13.8 Å². The number of hydrogen-bond acceptors (Lipinski definition) is 5. The van der Waals surface area contributed by atoms with E-state index in [2.05, 4.69) is 32.0 Å². The third kappa shape index (κ3) is 4.14. The van der Waals surface area contributed by atoms with Crippen molar-refractivity contribution < 1.29 is 4.79 Å². The number of aryl methyl sites for hydroxylation is 2. The van der Waals surface area contributed by atoms with Crippen LogP contribution in [0.15, 0.2) is 30.6 Å². The summed E-state index contributed by atoms with van der Waals surface area (Å²) in [4.78, 5) is 25.7. The molecule has 0 saturated carbocycles. The zero-order valence-corrected chi connectivity index (χ0v) is 15.1. The highest BCUT2D eigenvalue weighted by Gasteiger charge is 2.17. The molecule has 0 atom stereocenters. The fourth-order valence-corrected chi connectivity index (χ4v) is 2.91. The number of benzene rings is 1. The van der Waals surface area contributed by atoms with E-state index in [4.69, 9.17) is 0 Å². The van der Waals surface area contributed by atoms with Gasteiger partial charge in [-0.1, -0.05) is 13.0 Å². The Morgan fingerprint density at radius 3 is 2.44 bits per heavy atom. The number of aromatic nitrogens is 2. The first-order chi connectivity index (χ1) is 12.1. The van der Waals surface area contributed by atoms with Crippen molar-refractivity contribution in [1.82, 2.24) is 14.9 Å². The summed E-state index contributed by atoms with van der Waals surface area (Å²) in [6.07, 6.45) is 3.24. The van der Waals surface area contributed by atoms with E-state index in [1.165, 1.54) is 5.56 Å². The SMILES string of the molecule is CCN1CCN(c2cnc(C(=O)Nc3ccc(C)c(C)c3)cn2)CC1. The van der Waals surface area contributed by atoms with Gasteiger partial charge in [0.1, 0.15) is 11.5 Å². The Bertz CT molecular complexity index is 736. The van der Waals surface area contributed by atoms with E-state index in [9.17, 15) is 4.79 Å². The lowest BCUT2D eigenvalue weighted by Crippen LogP contribution is -2.46. The van der Waals surface area contributed by atoms with Crippen molar-refractivity contribution in [3.8, 4) is 0 Å². The second kappa shape index (κ2) is 7.61. The third-order valence-corrected chi connectivity index (χ3v) is 4.78. The van der Waals surface area contributed by atoms with Crippen molar-refractivity contribution >= 4 is 17.4 Å². The topological polar surface area (TPSA) is 61.4 Å². The number of amides is 1. The van der Waals surface area contributed by atoms with Gasteiger partial charge in [-0.05, 0) is 43.7 Å². The largest absolute Gasteiger partial charge is 0.353 e. The number of nitrogens with one attached hydrogen (secondary N) is 1. The van der Waals surface area contributed by atoms with Gasteiger partial charge in [-0.3, -0.25) is 4.79 Å². The van der Waals surface area contributed by atoms with Crippen LogP contribution in [0.25, 0.3) is 0 Å². The maximum Gasteiger partial charge on any atom is 0.275 e. The third-order valence-electron chi connectivity index (χ3n) is 4.78. The molecule has 0 bridgehead atoms. The Labute approximate surface area is 148 Å². The van der Waals surface area contributed by atoms with Crippen molar-refractivity contribution in [1.29, 1.82) is 0 Å². The lowest BCUT2D eigenvalue weighted by atomic mass is 10.1. The number of carbonyl (C=O) groups excluding carboxylic acids is 1. The van der Waals surface area contributed by atoms with Gasteiger partial charge in [-0.15, -0.1) is 0 Å². The first-order valence-corrected chi connectivity index (χ1v) is 8.74. The molecule has 1 aliphatic heterocycles. The fourth-order valence-electron chi connectivity index (χ4n) is 2.91. The second-order valence-electron chi connectivity index (χ2n) is 6.43. The molecule has 1 fully saturated rings. The predicted molar refractivity (Wildman–Crippen MR) is 100 cm³/mol. The highest BCUT2D eigenvalue weighted by Crippen LogP contribution is 2.16. The van der Waals surface area contributed by atoms with Crippen molar-refractivity contribution in [2.45, 2.75) is 20.8 Å². The highest BCUT2D eigenvalue weighted by atomic mass is 16.1. The summed E-state index contributed by atoms with van der Waals surface area (Å²) >= 11 is 0. The lowest BCUT2D eigenvalue weighted by Gasteiger charge is -2.34. The van der Waals surface area contributed by atoms with Gasteiger partial charge >= 0.3 is 0 Å². The molecule has 1 aromatic heterocycles. The molecule has 6 nitrogen and oxygen atoms in total. The summed E-state index contributed by atoms with van der Waals surface area (Å²) in [5.41, 5.74) is 3.44. The minimum absolute atomic E-state index is 0.238. The van der Waals surface area contributed by atoms with Crippen molar-refractivity contribution in [2.24, 2.45) is 0 Å². The summed E-state index contributed by atoms with van der Waals surface area (Å²) < 4.78 is 0. The van der Waals surface area contributed by atoms with Gasteiger partial charge in [-0.2, -0.15) is 0 Å². The van der Waals surface area contributed by atoms with E-state index < -0.39 is 0 Å². The van der Waals surface area contributed by atoms with Crippen LogP contribution in [-0.2, 0) is 0 Å². The quantitative estimate of drug-likeness (QED) is 0.927. The molecule has 2 aromatic rings. The molecule has 6 heteroatoms. The summed E-state index contributed by atoms with van der Waals surface area (Å²) in [5.74, 6) is 0.594. The van der Waals surface area contributed by atoms with Crippen LogP contribution >= 0.6 is 0 Å². The van der Waals surface area contributed by atoms with Gasteiger partial charge in [0.05, 0.1) is 12.4 Å². The molecule has 1 aliphatic rings. The van der Waals surface area contributed by atoms with Crippen LogP contribution in [-0.4, -0.2) is 53.5 Å². The van der Waals surface area contributed by atoms with E-state index >= 15 is 0 Å². The van der Waals surface area contributed by atoms with E-state index in [-0.39, 0.29) is 5.91 Å². The van der Waals surface area contributed by atoms with Gasteiger partial charge in [0.25, 0.3) is 5.91 Å². The van der Waals surface area contributed by atoms with Crippen LogP contribution in [0.2, 0.25) is 0 Å². The minimum atomic E-state index is -0.238. The Morgan fingerprint density at radius 1 is 1.08 bits per heavy atom. The smallest absolute Gasteiger partial charge is 0.275 e. The number of nitrogens with zero attached hydrogens (tertiary/aromatic N) is 4. The van der Waals surface area contributed by atoms with Crippen molar-refractivity contribution in [2.75, 3.05) is 42.9 Å². The Hall–Kier alpha value is -2.47. The molecule has 0 radical (unpaired) electrons. The van der Waals surface area contributed by atoms with Crippen LogP contribution in [0.3, 0.4) is 0 Å². The number of piperazine rings is 1. The molecule has 0 spiro atoms. The second-order valence-corrected chi connectivity index (χ2v) is 6.43. The summed E-state index contributed by atoms with van der Waals surface area (Å²) in [5, 5.41) is 2.88. The molecule has 0 aliphatic carbocycles. The first kappa shape index (κ1) is 17.4. The van der Waals surface area contributed by atoms with Crippen molar-refractivity contribution in [3.05, 3.63) is 47.4 Å². The maximum atomic E-state index is 12.3. The summed E-state index contributed by atoms with van der Waals surface area (Å²) in [6, 6.07) is 5.85. The average molecular weight is 339 g/mol. The average Bonchev–Trinajstić information content (AvgIpc) is 2.65. The normalized spacial score (nSPS) is 15.2. The Kier molecular flexibility index (Phi) is 5.28. The number of anilines is 2. The molecule has 0 unspecified atom stereocenters. The van der Waals surface area contributed by atoms with Gasteiger partial charge in [0.2, 0.25) is 0 Å². The number of likely N-dealkylation sites (N-methyl/N-ethyl adjacent to an activating group) is 1. The zero-order valence-electron chi connectivity index (χ0n) is 15.1. The molecular formula is C19H25N5O. The molecule has 1 aromatic carbocycles. The van der Waals surface area contributed by atoms with E-state index in [1.807, 2.05) is 32.0 Å². The summed E-state index contributed by atoms with van der Waals surface area (Å²) in [7, 11) is 0. The molecule has 25 heavy (non-hydrogen) atoms. The molecule has 1 saturated heterocycles. The highest BCUT2D eigenvalue weighted by molar-refractivity contribution is 6.02. The van der Waals surface area contributed by atoms with Crippen LogP contribution in [0.5, 0.6) is 0 Å². The van der Waals surface area contributed by atoms with Crippen LogP contribution in [0.4, 0.5) is 11.5 Å². The molecule has 3 rings (SSSR count). The maximum absolute atomic E-state index is 12.3. The Morgan fingerprint density at radius 2 is 1.84 bits per heavy atom. The van der Waals surface area contributed by atoms with Gasteiger partial charge in [-0.25, -0.2) is 9.97 Å². The number of rotatable bonds is 4. The first-order valence-electron chi connectivity index (χ1n) is 8.74. The summed E-state index contributed by atoms with van der Waals surface area (Å²) in [6.45, 7) is 11.3.